The predicted octanol–water partition coefficient (Wildman–Crippen LogP) is 8.82. The zero-order valence-corrected chi connectivity index (χ0v) is 42.0. The van der Waals surface area contributed by atoms with Gasteiger partial charge in [0.1, 0.15) is 48.8 Å². The Kier molecular flexibility index (Phi) is 16.7. The molecule has 382 valence electrons. The lowest BCUT2D eigenvalue weighted by atomic mass is 9.92. The Morgan fingerprint density at radius 1 is 0.333 bits per heavy atom. The van der Waals surface area contributed by atoms with E-state index in [9.17, 15) is 0 Å². The zero-order valence-electron chi connectivity index (χ0n) is 42.0. The molecule has 10 rings (SSSR count). The summed E-state index contributed by atoms with van der Waals surface area (Å²) in [5.41, 5.74) is 2.12. The van der Waals surface area contributed by atoms with Crippen molar-refractivity contribution in [3.63, 3.8) is 0 Å². The second-order valence-electron chi connectivity index (χ2n) is 18.4. The predicted molar refractivity (Wildman–Crippen MR) is 275 cm³/mol. The van der Waals surface area contributed by atoms with E-state index in [1.807, 2.05) is 0 Å². The quantitative estimate of drug-likeness (QED) is 0.0400. The van der Waals surface area contributed by atoms with Crippen LogP contribution in [0, 0.1) is 0 Å². The van der Waals surface area contributed by atoms with Crippen LogP contribution in [0.25, 0.3) is 64.6 Å². The Balaban J connectivity index is 0.654. The van der Waals surface area contributed by atoms with Gasteiger partial charge in [0.05, 0.1) is 66.1 Å². The summed E-state index contributed by atoms with van der Waals surface area (Å²) in [7, 11) is 9.81. The van der Waals surface area contributed by atoms with Crippen LogP contribution in [-0.4, -0.2) is 157 Å². The molecule has 14 nitrogen and oxygen atoms in total. The van der Waals surface area contributed by atoms with Crippen molar-refractivity contribution in [2.75, 3.05) is 95.5 Å². The summed E-state index contributed by atoms with van der Waals surface area (Å²) in [4.78, 5) is 0. The van der Waals surface area contributed by atoms with Crippen molar-refractivity contribution in [1.29, 1.82) is 0 Å². The number of methoxy groups -OCH3 is 6. The molecule has 10 atom stereocenters. The normalized spacial score (nSPS) is 25.1. The zero-order chi connectivity index (χ0) is 49.6. The lowest BCUT2D eigenvalue weighted by Gasteiger charge is -2.44. The Hall–Kier alpha value is -4.72. The summed E-state index contributed by atoms with van der Waals surface area (Å²) in [6.07, 6.45) is -5.31. The van der Waals surface area contributed by atoms with Gasteiger partial charge in [-0.1, -0.05) is 109 Å². The molecule has 2 saturated heterocycles. The molecular weight excluding hydrogens is 921 g/mol. The highest BCUT2D eigenvalue weighted by Gasteiger charge is 2.49. The molecule has 0 spiro atoms. The largest absolute Gasteiger partial charge is 0.377 e. The average Bonchev–Trinajstić information content (AvgIpc) is 3.42. The van der Waals surface area contributed by atoms with Crippen molar-refractivity contribution < 1.29 is 66.3 Å². The average molecular weight is 987 g/mol. The van der Waals surface area contributed by atoms with Crippen LogP contribution in [0.2, 0.25) is 0 Å². The summed E-state index contributed by atoms with van der Waals surface area (Å²) >= 11 is 0. The van der Waals surface area contributed by atoms with E-state index in [0.717, 1.165) is 21.9 Å². The molecule has 0 saturated carbocycles. The van der Waals surface area contributed by atoms with Gasteiger partial charge < -0.3 is 66.3 Å². The first-order valence-corrected chi connectivity index (χ1v) is 24.8. The van der Waals surface area contributed by atoms with Crippen LogP contribution in [0.5, 0.6) is 0 Å². The molecule has 0 amide bonds. The monoisotopic (exact) mass is 986 g/mol. The fraction of sp³-hybridized carbons (Fsp3) is 0.448. The van der Waals surface area contributed by atoms with Gasteiger partial charge in [-0.25, -0.2) is 0 Å². The smallest absolute Gasteiger partial charge is 0.187 e. The van der Waals surface area contributed by atoms with Crippen LogP contribution in [0.1, 0.15) is 11.1 Å². The van der Waals surface area contributed by atoms with Gasteiger partial charge in [0.2, 0.25) is 0 Å². The summed E-state index contributed by atoms with van der Waals surface area (Å²) in [5, 5.41) is 14.6. The number of hydrogen-bond acceptors (Lipinski definition) is 14. The van der Waals surface area contributed by atoms with Gasteiger partial charge in [0.25, 0.3) is 0 Å². The minimum Gasteiger partial charge on any atom is -0.377 e. The third-order valence-corrected chi connectivity index (χ3v) is 14.5. The molecule has 8 aromatic rings. The van der Waals surface area contributed by atoms with E-state index in [4.69, 9.17) is 66.3 Å². The Morgan fingerprint density at radius 3 is 1.01 bits per heavy atom. The van der Waals surface area contributed by atoms with Crippen molar-refractivity contribution in [2.24, 2.45) is 0 Å². The lowest BCUT2D eigenvalue weighted by Crippen LogP contribution is -2.61. The van der Waals surface area contributed by atoms with Gasteiger partial charge >= 0.3 is 0 Å². The molecule has 0 aliphatic carbocycles. The molecule has 14 heteroatoms. The summed E-state index contributed by atoms with van der Waals surface area (Å²) in [6, 6.07) is 38.8. The fourth-order valence-corrected chi connectivity index (χ4v) is 11.0. The van der Waals surface area contributed by atoms with Crippen molar-refractivity contribution >= 4 is 64.6 Å². The highest BCUT2D eigenvalue weighted by Crippen LogP contribution is 2.39. The molecule has 0 unspecified atom stereocenters. The fourth-order valence-electron chi connectivity index (χ4n) is 11.0. The maximum absolute atomic E-state index is 6.52. The van der Waals surface area contributed by atoms with E-state index in [1.54, 1.807) is 42.7 Å². The van der Waals surface area contributed by atoms with E-state index < -0.39 is 61.4 Å². The number of rotatable bonds is 25. The van der Waals surface area contributed by atoms with E-state index >= 15 is 0 Å². The first kappa shape index (κ1) is 50.8. The topological polar surface area (TPSA) is 129 Å². The van der Waals surface area contributed by atoms with Crippen LogP contribution in [0.3, 0.4) is 0 Å². The number of hydrogen-bond donors (Lipinski definition) is 0. The van der Waals surface area contributed by atoms with Crippen LogP contribution in [0.4, 0.5) is 0 Å². The van der Waals surface area contributed by atoms with Gasteiger partial charge in [0, 0.05) is 42.7 Å². The van der Waals surface area contributed by atoms with Crippen molar-refractivity contribution in [3.05, 3.63) is 120 Å². The minimum absolute atomic E-state index is 0.241. The van der Waals surface area contributed by atoms with Crippen molar-refractivity contribution in [2.45, 2.75) is 74.6 Å². The summed E-state index contributed by atoms with van der Waals surface area (Å²) < 4.78 is 85.3. The maximum atomic E-state index is 6.52. The molecule has 2 aliphatic heterocycles. The first-order valence-electron chi connectivity index (χ1n) is 24.8. The Labute approximate surface area is 420 Å². The molecule has 0 aromatic heterocycles. The van der Waals surface area contributed by atoms with Gasteiger partial charge in [0.15, 0.2) is 12.6 Å². The molecule has 0 bridgehead atoms. The van der Waals surface area contributed by atoms with Crippen molar-refractivity contribution in [1.82, 2.24) is 0 Å². The second-order valence-corrected chi connectivity index (χ2v) is 18.4. The third kappa shape index (κ3) is 10.2. The Bertz CT molecular complexity index is 2750. The van der Waals surface area contributed by atoms with Gasteiger partial charge in [-0.05, 0) is 75.8 Å². The van der Waals surface area contributed by atoms with Crippen LogP contribution in [0.15, 0.2) is 109 Å². The first-order chi connectivity index (χ1) is 35.5. The van der Waals surface area contributed by atoms with Crippen LogP contribution in [-0.2, 0) is 79.5 Å². The Morgan fingerprint density at radius 2 is 0.653 bits per heavy atom. The second kappa shape index (κ2) is 23.7. The highest BCUT2D eigenvalue weighted by atomic mass is 16.7. The van der Waals surface area contributed by atoms with Crippen molar-refractivity contribution in [3.8, 4) is 0 Å². The molecule has 72 heavy (non-hydrogen) atoms. The molecule has 8 aromatic carbocycles. The third-order valence-electron chi connectivity index (χ3n) is 14.5. The standard InChI is InChI=1S/C58H66O14/c1-59-51-45(71-57(55(63-5)53(51)61-3)69-31-41-19-17-39-15-13-35-9-7-11-37-21-23-43(41)49(39)47(35)37)33-67-29-27-65-25-26-66-28-30-68-34-46-52(60-2)54(62-4)56(64-6)58(72-46)70-32-42-20-18-40-16-14-36-10-8-12-38-22-24-44(42)50(40)48(36)38/h7-24,45-46,51-58H,25-34H2,1-6H3/t45-,46-,51+,52+,53+,54+,55-,56-,57+,58+/m1/s1. The minimum atomic E-state index is -0.731. The summed E-state index contributed by atoms with van der Waals surface area (Å²) in [6.45, 7) is 3.32. The number of benzene rings is 8. The molecule has 2 aliphatic rings. The maximum Gasteiger partial charge on any atom is 0.187 e. The molecule has 2 heterocycles. The summed E-state index contributed by atoms with van der Waals surface area (Å²) in [5.74, 6) is 0. The lowest BCUT2D eigenvalue weighted by molar-refractivity contribution is -0.317. The van der Waals surface area contributed by atoms with Gasteiger partial charge in [-0.2, -0.15) is 0 Å². The van der Waals surface area contributed by atoms with E-state index in [1.165, 1.54) is 53.9 Å². The highest BCUT2D eigenvalue weighted by molar-refractivity contribution is 6.24. The number of ether oxygens (including phenoxy) is 14. The van der Waals surface area contributed by atoms with Gasteiger partial charge in [-0.15, -0.1) is 0 Å². The molecule has 0 N–H and O–H groups in total. The van der Waals surface area contributed by atoms with E-state index in [0.29, 0.717) is 52.9 Å². The van der Waals surface area contributed by atoms with Crippen LogP contribution < -0.4 is 0 Å². The van der Waals surface area contributed by atoms with E-state index in [2.05, 4.69) is 109 Å². The molecule has 0 radical (unpaired) electrons. The van der Waals surface area contributed by atoms with Gasteiger partial charge in [-0.3, -0.25) is 0 Å². The van der Waals surface area contributed by atoms with Crippen LogP contribution >= 0.6 is 0 Å². The molecular formula is C58H66O14. The SMILES string of the molecule is CO[C@H]1[C@@H](OC)[C@@H](COCCOCCOCCOC[C@H]2O[C@H](OCc3ccc4ccc5cccc6ccc3c4c56)[C@H](OC)[C@@H](OC)[C@H]2OC)O[C@H](OCc2ccc3ccc4cccc5ccc2c3c45)[C@@H]1OC. The van der Waals surface area contributed by atoms with E-state index in [-0.39, 0.29) is 13.2 Å². The molecule has 2 fully saturated rings.